The van der Waals surface area contributed by atoms with E-state index in [1.165, 1.54) is 22.3 Å². The van der Waals surface area contributed by atoms with Gasteiger partial charge in [-0.25, -0.2) is 0 Å². The fraction of sp³-hybridized carbons (Fsp3) is 0.538. The molecule has 1 saturated heterocycles. The van der Waals surface area contributed by atoms with E-state index in [9.17, 15) is 5.11 Å². The third-order valence-corrected chi connectivity index (χ3v) is 8.15. The van der Waals surface area contributed by atoms with Crippen LogP contribution < -0.4 is 0 Å². The normalized spacial score (nSPS) is 32.1. The summed E-state index contributed by atoms with van der Waals surface area (Å²) in [5.41, 5.74) is 6.73. The van der Waals surface area contributed by atoms with Gasteiger partial charge in [0.1, 0.15) is 0 Å². The fourth-order valence-electron chi connectivity index (χ4n) is 6.18. The van der Waals surface area contributed by atoms with Gasteiger partial charge in [-0.1, -0.05) is 63.2 Å². The third kappa shape index (κ3) is 2.47. The Hall–Kier alpha value is -1.64. The zero-order chi connectivity index (χ0) is 19.7. The zero-order valence-electron chi connectivity index (χ0n) is 17.8. The minimum absolute atomic E-state index is 0.0958. The summed E-state index contributed by atoms with van der Waals surface area (Å²) in [5.74, 6) is 0.457. The number of piperidine rings is 1. The van der Waals surface area contributed by atoms with E-state index in [1.54, 1.807) is 5.56 Å². The number of benzene rings is 2. The average molecular weight is 376 g/mol. The molecule has 1 aliphatic carbocycles. The van der Waals surface area contributed by atoms with E-state index in [0.717, 1.165) is 38.8 Å². The van der Waals surface area contributed by atoms with Crippen molar-refractivity contribution in [1.29, 1.82) is 0 Å². The molecule has 2 heteroatoms. The molecule has 0 saturated carbocycles. The van der Waals surface area contributed by atoms with Crippen molar-refractivity contribution in [2.24, 2.45) is 5.41 Å². The van der Waals surface area contributed by atoms with Crippen molar-refractivity contribution in [3.8, 4) is 0 Å². The molecule has 3 atom stereocenters. The molecule has 0 radical (unpaired) electrons. The van der Waals surface area contributed by atoms with E-state index in [4.69, 9.17) is 0 Å². The number of aliphatic hydroxyl groups is 1. The smallest absolute Gasteiger partial charge is 0.0728 e. The maximum Gasteiger partial charge on any atom is 0.0728 e. The molecule has 0 amide bonds. The molecule has 2 heterocycles. The number of aryl methyl sites for hydroxylation is 2. The van der Waals surface area contributed by atoms with E-state index in [-0.39, 0.29) is 11.0 Å². The van der Waals surface area contributed by atoms with Gasteiger partial charge in [-0.2, -0.15) is 0 Å². The molecule has 2 aliphatic heterocycles. The SMILES string of the molecule is CC12CC(O)(C(C)(C)C)CCN1CC1c3ccccc3CCc3cccc2c31. The van der Waals surface area contributed by atoms with E-state index in [0.29, 0.717) is 5.92 Å². The third-order valence-electron chi connectivity index (χ3n) is 8.15. The van der Waals surface area contributed by atoms with Gasteiger partial charge in [0.25, 0.3) is 0 Å². The Balaban J connectivity index is 1.69. The van der Waals surface area contributed by atoms with Crippen molar-refractivity contribution in [2.75, 3.05) is 13.1 Å². The van der Waals surface area contributed by atoms with Crippen LogP contribution in [0.2, 0.25) is 0 Å². The average Bonchev–Trinajstić information content (AvgIpc) is 2.80. The van der Waals surface area contributed by atoms with Crippen LogP contribution in [0.15, 0.2) is 42.5 Å². The summed E-state index contributed by atoms with van der Waals surface area (Å²) in [5, 5.41) is 11.6. The first kappa shape index (κ1) is 18.4. The highest BCUT2D eigenvalue weighted by atomic mass is 16.3. The summed E-state index contributed by atoms with van der Waals surface area (Å²) in [4.78, 5) is 2.67. The predicted molar refractivity (Wildman–Crippen MR) is 115 cm³/mol. The van der Waals surface area contributed by atoms with Crippen molar-refractivity contribution in [3.05, 3.63) is 70.3 Å². The Labute approximate surface area is 169 Å². The van der Waals surface area contributed by atoms with Gasteiger partial charge in [-0.15, -0.1) is 0 Å². The first-order valence-electron chi connectivity index (χ1n) is 10.9. The van der Waals surface area contributed by atoms with Crippen molar-refractivity contribution in [3.63, 3.8) is 0 Å². The molecule has 1 N–H and O–H groups in total. The minimum atomic E-state index is -0.629. The summed E-state index contributed by atoms with van der Waals surface area (Å²) in [7, 11) is 0. The largest absolute Gasteiger partial charge is 0.389 e. The maximum atomic E-state index is 11.6. The van der Waals surface area contributed by atoms with Crippen molar-refractivity contribution in [2.45, 2.75) is 70.4 Å². The second kappa shape index (κ2) is 5.93. The van der Waals surface area contributed by atoms with Gasteiger partial charge in [0.05, 0.1) is 5.60 Å². The van der Waals surface area contributed by atoms with Crippen LogP contribution in [-0.2, 0) is 18.4 Å². The number of rotatable bonds is 0. The monoisotopic (exact) mass is 375 g/mol. The number of hydrogen-bond acceptors (Lipinski definition) is 2. The fourth-order valence-corrected chi connectivity index (χ4v) is 6.18. The second-order valence-electron chi connectivity index (χ2n) is 10.6. The lowest BCUT2D eigenvalue weighted by atomic mass is 9.61. The van der Waals surface area contributed by atoms with Crippen LogP contribution in [0.1, 0.15) is 74.3 Å². The Morgan fingerprint density at radius 1 is 1.00 bits per heavy atom. The van der Waals surface area contributed by atoms with Crippen LogP contribution in [0.3, 0.4) is 0 Å². The Morgan fingerprint density at radius 3 is 2.50 bits per heavy atom. The minimum Gasteiger partial charge on any atom is -0.389 e. The first-order valence-corrected chi connectivity index (χ1v) is 10.9. The number of fused-ring (bicyclic) bond motifs is 4. The van der Waals surface area contributed by atoms with Gasteiger partial charge in [-0.05, 0) is 65.8 Å². The van der Waals surface area contributed by atoms with E-state index in [2.05, 4.69) is 75.1 Å². The predicted octanol–water partition coefficient (Wildman–Crippen LogP) is 5.02. The molecule has 1 fully saturated rings. The summed E-state index contributed by atoms with van der Waals surface area (Å²) in [6.45, 7) is 11.0. The molecule has 3 aliphatic rings. The Bertz CT molecular complexity index is 926. The molecule has 0 bridgehead atoms. The molecule has 148 valence electrons. The van der Waals surface area contributed by atoms with Crippen LogP contribution in [0.5, 0.6) is 0 Å². The van der Waals surface area contributed by atoms with Gasteiger partial charge < -0.3 is 5.11 Å². The van der Waals surface area contributed by atoms with Gasteiger partial charge in [-0.3, -0.25) is 4.90 Å². The number of hydrogen-bond donors (Lipinski definition) is 1. The summed E-state index contributed by atoms with van der Waals surface area (Å²) in [6.07, 6.45) is 3.92. The van der Waals surface area contributed by atoms with Crippen molar-refractivity contribution in [1.82, 2.24) is 4.90 Å². The highest BCUT2D eigenvalue weighted by molar-refractivity contribution is 5.53. The van der Waals surface area contributed by atoms with E-state index in [1.807, 2.05) is 0 Å². The number of nitrogens with zero attached hydrogens (tertiary/aromatic N) is 1. The van der Waals surface area contributed by atoms with E-state index >= 15 is 0 Å². The lowest BCUT2D eigenvalue weighted by molar-refractivity contribution is -0.145. The maximum absolute atomic E-state index is 11.6. The quantitative estimate of drug-likeness (QED) is 0.699. The Kier molecular flexibility index (Phi) is 3.90. The van der Waals surface area contributed by atoms with Gasteiger partial charge in [0.2, 0.25) is 0 Å². The molecule has 2 nitrogen and oxygen atoms in total. The molecule has 2 aromatic carbocycles. The van der Waals surface area contributed by atoms with Crippen molar-refractivity contribution < 1.29 is 5.11 Å². The van der Waals surface area contributed by atoms with Crippen LogP contribution in [0, 0.1) is 5.41 Å². The molecule has 28 heavy (non-hydrogen) atoms. The molecule has 3 unspecified atom stereocenters. The van der Waals surface area contributed by atoms with Crippen LogP contribution in [0.4, 0.5) is 0 Å². The highest BCUT2D eigenvalue weighted by Crippen LogP contribution is 2.54. The van der Waals surface area contributed by atoms with Gasteiger partial charge in [0, 0.05) is 24.5 Å². The summed E-state index contributed by atoms with van der Waals surface area (Å²) in [6, 6.07) is 16.0. The van der Waals surface area contributed by atoms with Crippen LogP contribution in [-0.4, -0.2) is 28.7 Å². The molecular weight excluding hydrogens is 342 g/mol. The second-order valence-corrected chi connectivity index (χ2v) is 10.6. The summed E-state index contributed by atoms with van der Waals surface area (Å²) >= 11 is 0. The van der Waals surface area contributed by atoms with Gasteiger partial charge >= 0.3 is 0 Å². The first-order chi connectivity index (χ1) is 13.2. The lowest BCUT2D eigenvalue weighted by Crippen LogP contribution is -2.62. The van der Waals surface area contributed by atoms with Crippen LogP contribution in [0.25, 0.3) is 0 Å². The zero-order valence-corrected chi connectivity index (χ0v) is 17.8. The van der Waals surface area contributed by atoms with Crippen molar-refractivity contribution >= 4 is 0 Å². The topological polar surface area (TPSA) is 23.5 Å². The standard InChI is InChI=1S/C26H33NO/c1-24(2,3)26(28)14-15-27-16-21-20-10-6-5-8-18(20)12-13-19-9-7-11-22(23(19)21)25(27,4)17-26/h5-11,21,28H,12-17H2,1-4H3. The van der Waals surface area contributed by atoms with Gasteiger partial charge in [0.15, 0.2) is 0 Å². The van der Waals surface area contributed by atoms with E-state index < -0.39 is 5.60 Å². The summed E-state index contributed by atoms with van der Waals surface area (Å²) < 4.78 is 0. The lowest BCUT2D eigenvalue weighted by Gasteiger charge is -2.58. The molecule has 2 aromatic rings. The highest BCUT2D eigenvalue weighted by Gasteiger charge is 2.54. The van der Waals surface area contributed by atoms with Crippen LogP contribution >= 0.6 is 0 Å². The Morgan fingerprint density at radius 2 is 1.71 bits per heavy atom. The molecule has 5 rings (SSSR count). The molecular formula is C26H33NO. The molecule has 0 aromatic heterocycles. The molecule has 0 spiro atoms.